The van der Waals surface area contributed by atoms with E-state index in [1.165, 1.54) is 0 Å². The molecule has 0 aromatic carbocycles. The monoisotopic (exact) mass is 288 g/mol. The Hall–Kier alpha value is -0.620. The van der Waals surface area contributed by atoms with Gasteiger partial charge < -0.3 is 11.1 Å². The van der Waals surface area contributed by atoms with Crippen LogP contribution in [0.15, 0.2) is 0 Å². The zero-order chi connectivity index (χ0) is 13.9. The molecule has 1 saturated carbocycles. The summed E-state index contributed by atoms with van der Waals surface area (Å²) in [5.41, 5.74) is 5.85. The van der Waals surface area contributed by atoms with Crippen molar-refractivity contribution in [1.29, 1.82) is 0 Å². The third-order valence-corrected chi connectivity index (χ3v) is 6.00. The van der Waals surface area contributed by atoms with Gasteiger partial charge in [0.15, 0.2) is 0 Å². The van der Waals surface area contributed by atoms with Gasteiger partial charge in [-0.15, -0.1) is 0 Å². The number of carbonyl (C=O) groups excluding carboxylic acids is 1. The van der Waals surface area contributed by atoms with Gasteiger partial charge in [-0.3, -0.25) is 4.79 Å². The summed E-state index contributed by atoms with van der Waals surface area (Å²) in [6, 6.07) is 0.352. The summed E-state index contributed by atoms with van der Waals surface area (Å²) in [5, 5.41) is 2.98. The lowest BCUT2D eigenvalue weighted by atomic mass is 9.84. The minimum Gasteiger partial charge on any atom is -0.353 e. The van der Waals surface area contributed by atoms with E-state index in [9.17, 15) is 13.2 Å². The third-order valence-electron chi connectivity index (χ3n) is 4.29. The first-order chi connectivity index (χ1) is 8.94. The van der Waals surface area contributed by atoms with E-state index in [1.54, 1.807) is 0 Å². The zero-order valence-corrected chi connectivity index (χ0v) is 12.1. The van der Waals surface area contributed by atoms with Crippen molar-refractivity contribution in [3.63, 3.8) is 0 Å². The predicted octanol–water partition coefficient (Wildman–Crippen LogP) is 0.587. The molecule has 110 valence electrons. The normalized spacial score (nSPS) is 31.8. The van der Waals surface area contributed by atoms with Crippen LogP contribution < -0.4 is 11.1 Å². The molecule has 5 nitrogen and oxygen atoms in total. The van der Waals surface area contributed by atoms with E-state index in [0.29, 0.717) is 31.2 Å². The van der Waals surface area contributed by atoms with E-state index in [4.69, 9.17) is 5.73 Å². The first-order valence-corrected chi connectivity index (χ1v) is 9.02. The maximum absolute atomic E-state index is 11.9. The molecule has 0 aromatic heterocycles. The molecule has 1 aliphatic carbocycles. The van der Waals surface area contributed by atoms with Gasteiger partial charge in [-0.2, -0.15) is 0 Å². The topological polar surface area (TPSA) is 89.3 Å². The molecular weight excluding hydrogens is 264 g/mol. The summed E-state index contributed by atoms with van der Waals surface area (Å²) >= 11 is 0. The van der Waals surface area contributed by atoms with Crippen molar-refractivity contribution in [2.75, 3.05) is 11.5 Å². The van der Waals surface area contributed by atoms with Crippen molar-refractivity contribution < 1.29 is 13.2 Å². The van der Waals surface area contributed by atoms with Gasteiger partial charge in [-0.1, -0.05) is 0 Å². The molecule has 6 heteroatoms. The molecule has 0 radical (unpaired) electrons. The van der Waals surface area contributed by atoms with E-state index >= 15 is 0 Å². The van der Waals surface area contributed by atoms with E-state index in [0.717, 1.165) is 25.7 Å². The van der Waals surface area contributed by atoms with Crippen LogP contribution in [0, 0.1) is 5.92 Å². The molecule has 2 aliphatic rings. The van der Waals surface area contributed by atoms with Crippen LogP contribution in [-0.2, 0) is 14.6 Å². The molecule has 0 spiro atoms. The lowest BCUT2D eigenvalue weighted by molar-refractivity contribution is -0.123. The fourth-order valence-electron chi connectivity index (χ4n) is 2.98. The number of hydrogen-bond acceptors (Lipinski definition) is 4. The van der Waals surface area contributed by atoms with Crippen molar-refractivity contribution >= 4 is 15.7 Å². The fraction of sp³-hybridized carbons (Fsp3) is 0.923. The van der Waals surface area contributed by atoms with Gasteiger partial charge in [0, 0.05) is 18.5 Å². The molecule has 19 heavy (non-hydrogen) atoms. The lowest BCUT2D eigenvalue weighted by Crippen LogP contribution is -2.41. The molecule has 2 fully saturated rings. The number of amides is 1. The number of sulfone groups is 1. The maximum Gasteiger partial charge on any atom is 0.220 e. The minimum absolute atomic E-state index is 0.0434. The second kappa shape index (κ2) is 6.22. The van der Waals surface area contributed by atoms with Crippen LogP contribution in [-0.4, -0.2) is 37.9 Å². The largest absolute Gasteiger partial charge is 0.353 e. The van der Waals surface area contributed by atoms with Gasteiger partial charge in [-0.25, -0.2) is 8.42 Å². The second-order valence-corrected chi connectivity index (χ2v) is 8.28. The van der Waals surface area contributed by atoms with Gasteiger partial charge in [0.25, 0.3) is 0 Å². The van der Waals surface area contributed by atoms with Crippen molar-refractivity contribution in [2.24, 2.45) is 11.7 Å². The van der Waals surface area contributed by atoms with Crippen molar-refractivity contribution in [1.82, 2.24) is 5.32 Å². The number of hydrogen-bond donors (Lipinski definition) is 2. The van der Waals surface area contributed by atoms with Crippen LogP contribution in [0.4, 0.5) is 0 Å². The van der Waals surface area contributed by atoms with Gasteiger partial charge in [0.05, 0.1) is 11.5 Å². The molecule has 1 saturated heterocycles. The average Bonchev–Trinajstić information content (AvgIpc) is 2.35. The van der Waals surface area contributed by atoms with Crippen molar-refractivity contribution in [2.45, 2.75) is 57.0 Å². The molecular formula is C13H24N2O3S. The van der Waals surface area contributed by atoms with Crippen LogP contribution in [0.1, 0.15) is 44.9 Å². The van der Waals surface area contributed by atoms with Crippen molar-refractivity contribution in [3.8, 4) is 0 Å². The lowest BCUT2D eigenvalue weighted by Gasteiger charge is -2.27. The van der Waals surface area contributed by atoms with Gasteiger partial charge in [0.2, 0.25) is 5.91 Å². The van der Waals surface area contributed by atoms with Crippen LogP contribution in [0.2, 0.25) is 0 Å². The fourth-order valence-corrected chi connectivity index (χ4v) is 4.47. The number of nitrogens with one attached hydrogen (secondary N) is 1. The molecule has 3 N–H and O–H groups in total. The molecule has 1 amide bonds. The number of carbonyl (C=O) groups is 1. The average molecular weight is 288 g/mol. The Morgan fingerprint density at radius 2 is 1.63 bits per heavy atom. The zero-order valence-electron chi connectivity index (χ0n) is 11.3. The maximum atomic E-state index is 11.9. The summed E-state index contributed by atoms with van der Waals surface area (Å²) in [5.74, 6) is 0.934. The highest BCUT2D eigenvalue weighted by Gasteiger charge is 2.26. The summed E-state index contributed by atoms with van der Waals surface area (Å²) < 4.78 is 22.6. The summed E-state index contributed by atoms with van der Waals surface area (Å²) in [7, 11) is -2.85. The van der Waals surface area contributed by atoms with E-state index in [1.807, 2.05) is 0 Å². The summed E-state index contributed by atoms with van der Waals surface area (Å²) in [6.45, 7) is 0. The van der Waals surface area contributed by atoms with Crippen molar-refractivity contribution in [3.05, 3.63) is 0 Å². The SMILES string of the molecule is NC1CCC(CC(=O)NC2CCS(=O)(=O)CC2)CC1. The first-order valence-electron chi connectivity index (χ1n) is 7.20. The predicted molar refractivity (Wildman–Crippen MR) is 74.4 cm³/mol. The molecule has 0 bridgehead atoms. The summed E-state index contributed by atoms with van der Waals surface area (Å²) in [4.78, 5) is 11.9. The molecule has 1 aliphatic heterocycles. The number of nitrogens with two attached hydrogens (primary N) is 1. The quantitative estimate of drug-likeness (QED) is 0.795. The van der Waals surface area contributed by atoms with E-state index in [-0.39, 0.29) is 23.5 Å². The van der Waals surface area contributed by atoms with Crippen LogP contribution in [0.25, 0.3) is 0 Å². The Bertz CT molecular complexity index is 400. The molecule has 1 heterocycles. The Balaban J connectivity index is 1.70. The Labute approximate surface area is 115 Å². The smallest absolute Gasteiger partial charge is 0.220 e. The highest BCUT2D eigenvalue weighted by Crippen LogP contribution is 2.26. The second-order valence-electron chi connectivity index (χ2n) is 5.98. The number of rotatable bonds is 3. The standard InChI is InChI=1S/C13H24N2O3S/c14-11-3-1-10(2-4-11)9-13(16)15-12-5-7-19(17,18)8-6-12/h10-12H,1-9,14H2,(H,15,16). The highest BCUT2D eigenvalue weighted by atomic mass is 32.2. The minimum atomic E-state index is -2.85. The molecule has 0 atom stereocenters. The Morgan fingerprint density at radius 1 is 1.05 bits per heavy atom. The Kier molecular flexibility index (Phi) is 4.84. The Morgan fingerprint density at radius 3 is 2.21 bits per heavy atom. The van der Waals surface area contributed by atoms with Crippen LogP contribution in [0.3, 0.4) is 0 Å². The highest BCUT2D eigenvalue weighted by molar-refractivity contribution is 7.91. The summed E-state index contributed by atoms with van der Waals surface area (Å²) in [6.07, 6.45) is 5.78. The third kappa shape index (κ3) is 4.76. The van der Waals surface area contributed by atoms with Gasteiger partial charge in [-0.05, 0) is 44.4 Å². The van der Waals surface area contributed by atoms with Gasteiger partial charge in [0.1, 0.15) is 9.84 Å². The molecule has 0 unspecified atom stereocenters. The van der Waals surface area contributed by atoms with E-state index < -0.39 is 9.84 Å². The first kappa shape index (κ1) is 14.8. The van der Waals surface area contributed by atoms with Crippen LogP contribution >= 0.6 is 0 Å². The molecule has 2 rings (SSSR count). The van der Waals surface area contributed by atoms with Gasteiger partial charge >= 0.3 is 0 Å². The van der Waals surface area contributed by atoms with Crippen LogP contribution in [0.5, 0.6) is 0 Å². The molecule has 0 aromatic rings. The van der Waals surface area contributed by atoms with E-state index in [2.05, 4.69) is 5.32 Å².